The Bertz CT molecular complexity index is 1610. The third kappa shape index (κ3) is 9.53. The SMILES string of the molecule is COc1ccc(N[C@H]2[C@H](OCc3ccccc3)O[C@H](COCc3ccccc3)[C@@H](OCc3ccccc3)[C@@H]2OCc2ccccc2)cc1. The largest absolute Gasteiger partial charge is 0.497 e. The molecule has 0 aromatic heterocycles. The highest BCUT2D eigenvalue weighted by atomic mass is 16.7. The van der Waals surface area contributed by atoms with Crippen LogP contribution in [-0.2, 0) is 50.1 Å². The second-order valence-corrected chi connectivity index (χ2v) is 11.8. The summed E-state index contributed by atoms with van der Waals surface area (Å²) in [6, 6.07) is 47.9. The lowest BCUT2D eigenvalue weighted by atomic mass is 9.95. The summed E-state index contributed by atoms with van der Waals surface area (Å²) in [6.07, 6.45) is -2.13. The molecule has 248 valence electrons. The molecular weight excluding hydrogens is 602 g/mol. The first-order valence-corrected chi connectivity index (χ1v) is 16.4. The predicted octanol–water partition coefficient (Wildman–Crippen LogP) is 7.81. The summed E-state index contributed by atoms with van der Waals surface area (Å²) in [5, 5.41) is 3.68. The van der Waals surface area contributed by atoms with Crippen LogP contribution in [0.1, 0.15) is 22.3 Å². The van der Waals surface area contributed by atoms with E-state index in [0.717, 1.165) is 33.7 Å². The van der Waals surface area contributed by atoms with Gasteiger partial charge in [-0.25, -0.2) is 0 Å². The van der Waals surface area contributed by atoms with Crippen LogP contribution in [0.15, 0.2) is 146 Å². The minimum absolute atomic E-state index is 0.292. The number of ether oxygens (including phenoxy) is 6. The lowest BCUT2D eigenvalue weighted by Gasteiger charge is -2.46. The normalized spacial score (nSPS) is 20.6. The first kappa shape index (κ1) is 33.4. The van der Waals surface area contributed by atoms with E-state index in [1.165, 1.54) is 0 Å². The molecule has 1 heterocycles. The van der Waals surface area contributed by atoms with Gasteiger partial charge in [-0.2, -0.15) is 0 Å². The summed E-state index contributed by atoms with van der Waals surface area (Å²) in [5.41, 5.74) is 5.14. The zero-order chi connectivity index (χ0) is 32.8. The molecule has 0 unspecified atom stereocenters. The van der Waals surface area contributed by atoms with Gasteiger partial charge in [-0.05, 0) is 46.5 Å². The fraction of sp³-hybridized carbons (Fsp3) is 0.268. The number of hydrogen-bond acceptors (Lipinski definition) is 7. The van der Waals surface area contributed by atoms with Gasteiger partial charge in [-0.3, -0.25) is 0 Å². The van der Waals surface area contributed by atoms with E-state index in [1.807, 2.05) is 109 Å². The highest BCUT2D eigenvalue weighted by Gasteiger charge is 2.48. The summed E-state index contributed by atoms with van der Waals surface area (Å²) in [7, 11) is 1.66. The topological polar surface area (TPSA) is 67.4 Å². The standard InChI is InChI=1S/C41H43NO6/c1-43-36-24-22-35(23-25-36)42-38-40(46-28-33-18-10-4-11-19-33)39(45-27-32-16-8-3-9-17-32)37(30-44-26-31-14-6-2-7-15-31)48-41(38)47-29-34-20-12-5-13-21-34/h2-25,37-42H,26-30H2,1H3/t37-,38-,39-,40-,41-/m1/s1. The third-order valence-electron chi connectivity index (χ3n) is 8.29. The van der Waals surface area contributed by atoms with Gasteiger partial charge in [-0.1, -0.05) is 121 Å². The van der Waals surface area contributed by atoms with E-state index in [4.69, 9.17) is 28.4 Å². The van der Waals surface area contributed by atoms with Gasteiger partial charge in [0.15, 0.2) is 6.29 Å². The first-order valence-electron chi connectivity index (χ1n) is 16.4. The van der Waals surface area contributed by atoms with Crippen LogP contribution in [0.5, 0.6) is 5.75 Å². The van der Waals surface area contributed by atoms with E-state index < -0.39 is 30.6 Å². The molecule has 0 spiro atoms. The van der Waals surface area contributed by atoms with Crippen LogP contribution >= 0.6 is 0 Å². The molecule has 0 aliphatic carbocycles. The zero-order valence-electron chi connectivity index (χ0n) is 27.2. The second kappa shape index (κ2) is 17.6. The Morgan fingerprint density at radius 1 is 0.521 bits per heavy atom. The quantitative estimate of drug-likeness (QED) is 0.117. The number of nitrogens with one attached hydrogen (secondary N) is 1. The van der Waals surface area contributed by atoms with Crippen molar-refractivity contribution < 1.29 is 28.4 Å². The molecule has 5 aromatic rings. The van der Waals surface area contributed by atoms with Crippen LogP contribution in [0.4, 0.5) is 5.69 Å². The Hall–Kier alpha value is -4.50. The lowest BCUT2D eigenvalue weighted by molar-refractivity contribution is -0.286. The minimum Gasteiger partial charge on any atom is -0.497 e. The van der Waals surface area contributed by atoms with Gasteiger partial charge in [0, 0.05) is 5.69 Å². The van der Waals surface area contributed by atoms with Crippen molar-refractivity contribution in [3.05, 3.63) is 168 Å². The highest BCUT2D eigenvalue weighted by Crippen LogP contribution is 2.32. The van der Waals surface area contributed by atoms with Crippen LogP contribution in [0, 0.1) is 0 Å². The molecule has 48 heavy (non-hydrogen) atoms. The van der Waals surface area contributed by atoms with Gasteiger partial charge in [0.2, 0.25) is 0 Å². The smallest absolute Gasteiger partial charge is 0.181 e. The van der Waals surface area contributed by atoms with Crippen LogP contribution in [0.2, 0.25) is 0 Å². The molecule has 0 bridgehead atoms. The average Bonchev–Trinajstić information content (AvgIpc) is 3.15. The lowest BCUT2D eigenvalue weighted by Crippen LogP contribution is -2.63. The van der Waals surface area contributed by atoms with E-state index in [-0.39, 0.29) is 0 Å². The number of anilines is 1. The Morgan fingerprint density at radius 2 is 0.979 bits per heavy atom. The highest BCUT2D eigenvalue weighted by molar-refractivity contribution is 5.47. The van der Waals surface area contributed by atoms with E-state index in [1.54, 1.807) is 7.11 Å². The van der Waals surface area contributed by atoms with E-state index in [9.17, 15) is 0 Å². The molecule has 1 fully saturated rings. The Labute approximate surface area is 283 Å². The van der Waals surface area contributed by atoms with Crippen molar-refractivity contribution in [1.29, 1.82) is 0 Å². The molecule has 6 rings (SSSR count). The average molecular weight is 646 g/mol. The number of methoxy groups -OCH3 is 1. The van der Waals surface area contributed by atoms with E-state index >= 15 is 0 Å². The molecule has 0 saturated carbocycles. The molecular formula is C41H43NO6. The summed E-state index contributed by atoms with van der Waals surface area (Å²) < 4.78 is 38.7. The van der Waals surface area contributed by atoms with Gasteiger partial charge in [0.1, 0.15) is 30.1 Å². The van der Waals surface area contributed by atoms with Crippen molar-refractivity contribution in [2.75, 3.05) is 19.0 Å². The molecule has 1 aliphatic rings. The monoisotopic (exact) mass is 645 g/mol. The van der Waals surface area contributed by atoms with Crippen molar-refractivity contribution in [3.63, 3.8) is 0 Å². The van der Waals surface area contributed by atoms with Crippen molar-refractivity contribution >= 4 is 5.69 Å². The van der Waals surface area contributed by atoms with E-state index in [0.29, 0.717) is 33.0 Å². The number of benzene rings is 5. The molecule has 0 amide bonds. The maximum absolute atomic E-state index is 6.85. The second-order valence-electron chi connectivity index (χ2n) is 11.8. The van der Waals surface area contributed by atoms with Crippen LogP contribution in [-0.4, -0.2) is 44.4 Å². The summed E-state index contributed by atoms with van der Waals surface area (Å²) >= 11 is 0. The summed E-state index contributed by atoms with van der Waals surface area (Å²) in [6.45, 7) is 1.89. The Kier molecular flexibility index (Phi) is 12.2. The van der Waals surface area contributed by atoms with Crippen molar-refractivity contribution in [1.82, 2.24) is 0 Å². The minimum atomic E-state index is -0.685. The molecule has 0 radical (unpaired) electrons. The van der Waals surface area contributed by atoms with Gasteiger partial charge >= 0.3 is 0 Å². The van der Waals surface area contributed by atoms with Crippen molar-refractivity contribution in [3.8, 4) is 5.75 Å². The molecule has 1 N–H and O–H groups in total. The van der Waals surface area contributed by atoms with Crippen LogP contribution in [0.25, 0.3) is 0 Å². The van der Waals surface area contributed by atoms with Gasteiger partial charge < -0.3 is 33.7 Å². The van der Waals surface area contributed by atoms with Crippen LogP contribution in [0.3, 0.4) is 0 Å². The molecule has 5 atom stereocenters. The van der Waals surface area contributed by atoms with Gasteiger partial charge in [0.25, 0.3) is 0 Å². The number of rotatable bonds is 16. The Morgan fingerprint density at radius 3 is 1.48 bits per heavy atom. The summed E-state index contributed by atoms with van der Waals surface area (Å²) in [4.78, 5) is 0. The molecule has 7 heteroatoms. The van der Waals surface area contributed by atoms with Gasteiger partial charge in [-0.15, -0.1) is 0 Å². The predicted molar refractivity (Wildman–Crippen MR) is 186 cm³/mol. The Balaban J connectivity index is 1.32. The fourth-order valence-electron chi connectivity index (χ4n) is 5.77. The van der Waals surface area contributed by atoms with E-state index in [2.05, 4.69) is 41.7 Å². The first-order chi connectivity index (χ1) is 23.7. The maximum Gasteiger partial charge on any atom is 0.181 e. The molecule has 7 nitrogen and oxygen atoms in total. The number of hydrogen-bond donors (Lipinski definition) is 1. The fourth-order valence-corrected chi connectivity index (χ4v) is 5.77. The zero-order valence-corrected chi connectivity index (χ0v) is 27.2. The van der Waals surface area contributed by atoms with Crippen LogP contribution < -0.4 is 10.1 Å². The van der Waals surface area contributed by atoms with Crippen molar-refractivity contribution in [2.24, 2.45) is 0 Å². The molecule has 1 saturated heterocycles. The van der Waals surface area contributed by atoms with Gasteiger partial charge in [0.05, 0.1) is 40.1 Å². The van der Waals surface area contributed by atoms with Crippen molar-refractivity contribution in [2.45, 2.75) is 57.1 Å². The third-order valence-corrected chi connectivity index (χ3v) is 8.29. The maximum atomic E-state index is 6.85. The molecule has 1 aliphatic heterocycles. The molecule has 5 aromatic carbocycles. The summed E-state index contributed by atoms with van der Waals surface area (Å²) in [5.74, 6) is 0.772.